The summed E-state index contributed by atoms with van der Waals surface area (Å²) < 4.78 is 37.9. The average Bonchev–Trinajstić information content (AvgIpc) is 2.86. The lowest BCUT2D eigenvalue weighted by molar-refractivity contribution is -0.182. The minimum atomic E-state index is -4.02. The third-order valence-electron chi connectivity index (χ3n) is 4.66. The summed E-state index contributed by atoms with van der Waals surface area (Å²) in [5.41, 5.74) is 3.90. The van der Waals surface area contributed by atoms with Gasteiger partial charge in [-0.1, -0.05) is 6.07 Å². The van der Waals surface area contributed by atoms with Gasteiger partial charge in [-0.05, 0) is 68.2 Å². The molecule has 0 amide bonds. The summed E-state index contributed by atoms with van der Waals surface area (Å²) in [7, 11) is 0. The molecule has 2 aliphatic rings. The van der Waals surface area contributed by atoms with Crippen LogP contribution >= 0.6 is 0 Å². The van der Waals surface area contributed by atoms with Gasteiger partial charge in [-0.2, -0.15) is 13.2 Å². The van der Waals surface area contributed by atoms with E-state index in [1.165, 1.54) is 17.5 Å². The number of hydrogen-bond donors (Lipinski definition) is 1. The van der Waals surface area contributed by atoms with Gasteiger partial charge in [0.25, 0.3) is 0 Å². The van der Waals surface area contributed by atoms with Crippen molar-refractivity contribution in [3.63, 3.8) is 0 Å². The van der Waals surface area contributed by atoms with Crippen LogP contribution in [-0.2, 0) is 12.8 Å². The van der Waals surface area contributed by atoms with Gasteiger partial charge < -0.3 is 5.32 Å². The van der Waals surface area contributed by atoms with Crippen LogP contribution in [0.15, 0.2) is 18.2 Å². The van der Waals surface area contributed by atoms with Crippen molar-refractivity contribution >= 4 is 5.69 Å². The number of halogens is 3. The summed E-state index contributed by atoms with van der Waals surface area (Å²) in [5, 5.41) is 3.42. The fraction of sp³-hybridized carbons (Fsp3) is 0.625. The molecule has 3 rings (SSSR count). The Morgan fingerprint density at radius 3 is 2.35 bits per heavy atom. The van der Waals surface area contributed by atoms with Crippen molar-refractivity contribution < 1.29 is 13.2 Å². The third kappa shape index (κ3) is 2.94. The zero-order valence-corrected chi connectivity index (χ0v) is 11.5. The van der Waals surface area contributed by atoms with E-state index in [4.69, 9.17) is 0 Å². The van der Waals surface area contributed by atoms with Crippen molar-refractivity contribution in [2.75, 3.05) is 5.32 Å². The predicted molar refractivity (Wildman–Crippen MR) is 73.9 cm³/mol. The van der Waals surface area contributed by atoms with E-state index in [0.29, 0.717) is 12.8 Å². The highest BCUT2D eigenvalue weighted by atomic mass is 19.4. The lowest BCUT2D eigenvalue weighted by Crippen LogP contribution is -2.32. The molecule has 1 fully saturated rings. The smallest absolute Gasteiger partial charge is 0.382 e. The zero-order chi connectivity index (χ0) is 14.2. The van der Waals surface area contributed by atoms with Crippen LogP contribution in [0.4, 0.5) is 18.9 Å². The van der Waals surface area contributed by atoms with Crippen LogP contribution in [0.2, 0.25) is 0 Å². The Bertz CT molecular complexity index is 473. The molecule has 0 bridgehead atoms. The number of hydrogen-bond acceptors (Lipinski definition) is 1. The molecule has 0 spiro atoms. The summed E-state index contributed by atoms with van der Waals surface area (Å²) in [5.74, 6) is -1.10. The van der Waals surface area contributed by atoms with Gasteiger partial charge in [0.15, 0.2) is 0 Å². The molecule has 0 aliphatic heterocycles. The Kier molecular flexibility index (Phi) is 3.65. The molecule has 1 aromatic carbocycles. The maximum absolute atomic E-state index is 12.6. The summed E-state index contributed by atoms with van der Waals surface area (Å²) >= 11 is 0. The highest BCUT2D eigenvalue weighted by molar-refractivity contribution is 5.50. The molecule has 20 heavy (non-hydrogen) atoms. The van der Waals surface area contributed by atoms with Gasteiger partial charge in [0.05, 0.1) is 5.92 Å². The van der Waals surface area contributed by atoms with E-state index < -0.39 is 12.1 Å². The fourth-order valence-electron chi connectivity index (χ4n) is 3.46. The molecule has 4 heteroatoms. The van der Waals surface area contributed by atoms with Crippen molar-refractivity contribution in [3.05, 3.63) is 29.3 Å². The van der Waals surface area contributed by atoms with Crippen molar-refractivity contribution in [1.29, 1.82) is 0 Å². The molecular formula is C16H20F3N. The van der Waals surface area contributed by atoms with Crippen molar-refractivity contribution in [2.24, 2.45) is 5.92 Å². The van der Waals surface area contributed by atoms with Crippen LogP contribution in [0.1, 0.15) is 43.2 Å². The molecular weight excluding hydrogens is 263 g/mol. The second-order valence-corrected chi connectivity index (χ2v) is 6.07. The van der Waals surface area contributed by atoms with E-state index in [-0.39, 0.29) is 18.9 Å². The molecule has 1 nitrogen and oxygen atoms in total. The first kappa shape index (κ1) is 13.8. The molecule has 0 heterocycles. The number of anilines is 1. The molecule has 110 valence electrons. The van der Waals surface area contributed by atoms with E-state index in [1.54, 1.807) is 0 Å². The van der Waals surface area contributed by atoms with Crippen molar-refractivity contribution in [2.45, 2.75) is 57.2 Å². The first-order valence-corrected chi connectivity index (χ1v) is 7.47. The second kappa shape index (κ2) is 5.30. The van der Waals surface area contributed by atoms with Crippen LogP contribution in [0.3, 0.4) is 0 Å². The van der Waals surface area contributed by atoms with Crippen LogP contribution < -0.4 is 5.32 Å². The quantitative estimate of drug-likeness (QED) is 0.829. The zero-order valence-electron chi connectivity index (χ0n) is 11.5. The molecule has 1 N–H and O–H groups in total. The van der Waals surface area contributed by atoms with Gasteiger partial charge in [-0.25, -0.2) is 0 Å². The topological polar surface area (TPSA) is 12.0 Å². The average molecular weight is 283 g/mol. The Balaban J connectivity index is 1.57. The number of benzene rings is 1. The van der Waals surface area contributed by atoms with Gasteiger partial charge >= 0.3 is 6.18 Å². The van der Waals surface area contributed by atoms with Crippen LogP contribution in [0, 0.1) is 5.92 Å². The van der Waals surface area contributed by atoms with E-state index in [0.717, 1.165) is 18.5 Å². The van der Waals surface area contributed by atoms with Gasteiger partial charge in [-0.3, -0.25) is 0 Å². The number of aryl methyl sites for hydroxylation is 2. The summed E-state index contributed by atoms with van der Waals surface area (Å²) in [6.07, 6.45) is 1.23. The molecule has 0 radical (unpaired) electrons. The predicted octanol–water partition coefficient (Wildman–Crippen LogP) is 4.71. The maximum atomic E-state index is 12.6. The van der Waals surface area contributed by atoms with Gasteiger partial charge in [0, 0.05) is 11.7 Å². The number of nitrogens with one attached hydrogen (secondary N) is 1. The fourth-order valence-corrected chi connectivity index (χ4v) is 3.46. The Morgan fingerprint density at radius 2 is 1.65 bits per heavy atom. The third-order valence-corrected chi connectivity index (χ3v) is 4.66. The summed E-state index contributed by atoms with van der Waals surface area (Å²) in [6.45, 7) is 0. The number of fused-ring (bicyclic) bond motifs is 1. The highest BCUT2D eigenvalue weighted by Gasteiger charge is 2.41. The number of rotatable bonds is 2. The molecule has 2 aliphatic carbocycles. The molecule has 0 saturated heterocycles. The SMILES string of the molecule is FC(F)(F)C1CCC(Nc2ccc3c(c2)CCC3)CC1. The summed E-state index contributed by atoms with van der Waals surface area (Å²) in [6, 6.07) is 6.59. The molecule has 0 unspecified atom stereocenters. The molecule has 1 aromatic rings. The normalized spacial score (nSPS) is 26.4. The molecule has 0 aromatic heterocycles. The van der Waals surface area contributed by atoms with Crippen LogP contribution in [0.5, 0.6) is 0 Å². The van der Waals surface area contributed by atoms with Gasteiger partial charge in [0.2, 0.25) is 0 Å². The molecule has 0 atom stereocenters. The number of alkyl halides is 3. The Hall–Kier alpha value is -1.19. The van der Waals surface area contributed by atoms with Gasteiger partial charge in [0.1, 0.15) is 0 Å². The first-order valence-electron chi connectivity index (χ1n) is 7.47. The standard InChI is InChI=1S/C16H20F3N/c17-16(18,19)13-5-8-14(9-6-13)20-15-7-4-11-2-1-3-12(11)10-15/h4,7,10,13-14,20H,1-3,5-6,8-9H2. The Morgan fingerprint density at radius 1 is 0.950 bits per heavy atom. The van der Waals surface area contributed by atoms with Crippen LogP contribution in [0.25, 0.3) is 0 Å². The lowest BCUT2D eigenvalue weighted by Gasteiger charge is -2.31. The van der Waals surface area contributed by atoms with E-state index in [1.807, 2.05) is 0 Å². The minimum Gasteiger partial charge on any atom is -0.382 e. The molecule has 1 saturated carbocycles. The monoisotopic (exact) mass is 283 g/mol. The largest absolute Gasteiger partial charge is 0.391 e. The van der Waals surface area contributed by atoms with E-state index in [9.17, 15) is 13.2 Å². The second-order valence-electron chi connectivity index (χ2n) is 6.07. The Labute approximate surface area is 117 Å². The van der Waals surface area contributed by atoms with E-state index >= 15 is 0 Å². The highest BCUT2D eigenvalue weighted by Crippen LogP contribution is 2.38. The summed E-state index contributed by atoms with van der Waals surface area (Å²) in [4.78, 5) is 0. The minimum absolute atomic E-state index is 0.188. The van der Waals surface area contributed by atoms with Gasteiger partial charge in [-0.15, -0.1) is 0 Å². The lowest BCUT2D eigenvalue weighted by atomic mass is 9.85. The van der Waals surface area contributed by atoms with Crippen LogP contribution in [-0.4, -0.2) is 12.2 Å². The van der Waals surface area contributed by atoms with Crippen molar-refractivity contribution in [3.8, 4) is 0 Å². The van der Waals surface area contributed by atoms with Crippen molar-refractivity contribution in [1.82, 2.24) is 0 Å². The van der Waals surface area contributed by atoms with E-state index in [2.05, 4.69) is 23.5 Å². The first-order chi connectivity index (χ1) is 9.52. The maximum Gasteiger partial charge on any atom is 0.391 e.